The molecule has 1 unspecified atom stereocenters. The first-order valence-electron chi connectivity index (χ1n) is 4.98. The van der Waals surface area contributed by atoms with E-state index < -0.39 is 0 Å². The normalized spacial score (nSPS) is 12.1. The van der Waals surface area contributed by atoms with Gasteiger partial charge in [-0.3, -0.25) is 4.79 Å². The summed E-state index contributed by atoms with van der Waals surface area (Å²) < 4.78 is 0. The molecule has 0 radical (unpaired) electrons. The van der Waals surface area contributed by atoms with Crippen LogP contribution in [0.15, 0.2) is 12.2 Å². The van der Waals surface area contributed by atoms with Crippen LogP contribution in [0, 0.1) is 5.92 Å². The monoisotopic (exact) mass is 219 g/mol. The third-order valence-electron chi connectivity index (χ3n) is 2.20. The lowest BCUT2D eigenvalue weighted by Crippen LogP contribution is -2.36. The highest BCUT2D eigenvalue weighted by atomic mass is 35.5. The summed E-state index contributed by atoms with van der Waals surface area (Å²) >= 11 is 0. The second-order valence-corrected chi connectivity index (χ2v) is 3.84. The fraction of sp³-hybridized carbons (Fsp3) is 0.727. The van der Waals surface area contributed by atoms with Crippen LogP contribution in [-0.2, 0) is 4.79 Å². The molecule has 0 aliphatic rings. The fourth-order valence-corrected chi connectivity index (χ4v) is 1.05. The number of hydrogen-bond donors (Lipinski definition) is 1. The molecule has 0 aromatic rings. The molecule has 0 heterocycles. The largest absolute Gasteiger partial charge is 0.321 e. The number of ketones is 1. The molecule has 0 saturated heterocycles. The molecule has 0 rings (SSSR count). The molecule has 0 amide bonds. The lowest BCUT2D eigenvalue weighted by Gasteiger charge is -2.15. The third-order valence-corrected chi connectivity index (χ3v) is 2.20. The topological polar surface area (TPSA) is 43.1 Å². The summed E-state index contributed by atoms with van der Waals surface area (Å²) in [6.45, 7) is 9.77. The first kappa shape index (κ1) is 16.1. The average Bonchev–Trinajstić information content (AvgIpc) is 2.11. The summed E-state index contributed by atoms with van der Waals surface area (Å²) in [5, 5.41) is 0. The first-order valence-corrected chi connectivity index (χ1v) is 4.98. The van der Waals surface area contributed by atoms with Crippen LogP contribution < -0.4 is 5.73 Å². The van der Waals surface area contributed by atoms with Gasteiger partial charge < -0.3 is 5.73 Å². The Bertz CT molecular complexity index is 190. The van der Waals surface area contributed by atoms with Gasteiger partial charge in [-0.2, -0.15) is 0 Å². The van der Waals surface area contributed by atoms with E-state index in [2.05, 4.69) is 13.5 Å². The van der Waals surface area contributed by atoms with Crippen molar-refractivity contribution in [2.75, 3.05) is 0 Å². The molecule has 2 nitrogen and oxygen atoms in total. The van der Waals surface area contributed by atoms with E-state index in [4.69, 9.17) is 5.73 Å². The van der Waals surface area contributed by atoms with Crippen molar-refractivity contribution in [2.24, 2.45) is 11.7 Å². The zero-order valence-corrected chi connectivity index (χ0v) is 10.2. The molecule has 0 bridgehead atoms. The standard InChI is InChI=1S/C11H21NO.ClH/c1-5-6-7-9(4)11(13)10(12)8(2)3;/h8,10H,4-7,12H2,1-3H3;1H. The number of rotatable bonds is 6. The Balaban J connectivity index is 0. The average molecular weight is 220 g/mol. The number of nitrogens with two attached hydrogens (primary N) is 1. The van der Waals surface area contributed by atoms with Crippen LogP contribution in [0.4, 0.5) is 0 Å². The summed E-state index contributed by atoms with van der Waals surface area (Å²) in [7, 11) is 0. The summed E-state index contributed by atoms with van der Waals surface area (Å²) in [6, 6.07) is -0.371. The second kappa shape index (κ2) is 8.01. The molecular weight excluding hydrogens is 198 g/mol. The Labute approximate surface area is 93.4 Å². The second-order valence-electron chi connectivity index (χ2n) is 3.84. The number of unbranched alkanes of at least 4 members (excludes halogenated alkanes) is 1. The Hall–Kier alpha value is -0.340. The maximum Gasteiger partial charge on any atom is 0.175 e. The number of carbonyl (C=O) groups excluding carboxylic acids is 1. The van der Waals surface area contributed by atoms with Gasteiger partial charge in [0.25, 0.3) is 0 Å². The molecule has 3 heteroatoms. The van der Waals surface area contributed by atoms with Crippen molar-refractivity contribution in [3.05, 3.63) is 12.2 Å². The maximum atomic E-state index is 11.6. The summed E-state index contributed by atoms with van der Waals surface area (Å²) in [5.41, 5.74) is 6.41. The van der Waals surface area contributed by atoms with Gasteiger partial charge in [-0.15, -0.1) is 12.4 Å². The third kappa shape index (κ3) is 5.40. The molecule has 1 atom stereocenters. The summed E-state index contributed by atoms with van der Waals surface area (Å²) in [5.74, 6) is 0.231. The minimum Gasteiger partial charge on any atom is -0.321 e. The number of hydrogen-bond acceptors (Lipinski definition) is 2. The molecule has 0 fully saturated rings. The van der Waals surface area contributed by atoms with Crippen molar-refractivity contribution in [3.63, 3.8) is 0 Å². The number of halogens is 1. The summed E-state index contributed by atoms with van der Waals surface area (Å²) in [4.78, 5) is 11.6. The maximum absolute atomic E-state index is 11.6. The van der Waals surface area contributed by atoms with Gasteiger partial charge in [-0.05, 0) is 24.3 Å². The molecule has 2 N–H and O–H groups in total. The highest BCUT2D eigenvalue weighted by Gasteiger charge is 2.18. The number of Topliss-reactive ketones (excluding diaryl/α,β-unsaturated/α-hetero) is 1. The molecule has 0 aromatic heterocycles. The molecule has 0 spiro atoms. The van der Waals surface area contributed by atoms with Gasteiger partial charge in [0.05, 0.1) is 6.04 Å². The lowest BCUT2D eigenvalue weighted by atomic mass is 9.94. The minimum absolute atomic E-state index is 0. The van der Waals surface area contributed by atoms with Crippen LogP contribution in [0.25, 0.3) is 0 Å². The molecule has 0 aliphatic carbocycles. The van der Waals surface area contributed by atoms with Crippen molar-refractivity contribution < 1.29 is 4.79 Å². The van der Waals surface area contributed by atoms with E-state index in [1.54, 1.807) is 0 Å². The van der Waals surface area contributed by atoms with Crippen molar-refractivity contribution in [3.8, 4) is 0 Å². The van der Waals surface area contributed by atoms with E-state index in [1.807, 2.05) is 13.8 Å². The Kier molecular flexibility index (Phi) is 9.21. The molecule has 0 aromatic carbocycles. The molecule has 84 valence electrons. The van der Waals surface area contributed by atoms with Gasteiger partial charge in [0.1, 0.15) is 0 Å². The van der Waals surface area contributed by atoms with Crippen LogP contribution >= 0.6 is 12.4 Å². The van der Waals surface area contributed by atoms with E-state index in [-0.39, 0.29) is 30.2 Å². The fourth-order valence-electron chi connectivity index (χ4n) is 1.05. The Morgan fingerprint density at radius 2 is 1.93 bits per heavy atom. The van der Waals surface area contributed by atoms with E-state index in [0.29, 0.717) is 5.57 Å². The van der Waals surface area contributed by atoms with Gasteiger partial charge in [0.15, 0.2) is 5.78 Å². The van der Waals surface area contributed by atoms with Crippen LogP contribution in [0.2, 0.25) is 0 Å². The minimum atomic E-state index is -0.371. The zero-order valence-electron chi connectivity index (χ0n) is 9.38. The Morgan fingerprint density at radius 1 is 1.43 bits per heavy atom. The zero-order chi connectivity index (χ0) is 10.4. The highest BCUT2D eigenvalue weighted by Crippen LogP contribution is 2.11. The molecule has 0 aliphatic heterocycles. The molecular formula is C11H22ClNO. The van der Waals surface area contributed by atoms with E-state index in [9.17, 15) is 4.79 Å². The van der Waals surface area contributed by atoms with Gasteiger partial charge in [-0.25, -0.2) is 0 Å². The molecule has 0 saturated carbocycles. The van der Waals surface area contributed by atoms with Crippen LogP contribution in [-0.4, -0.2) is 11.8 Å². The molecule has 14 heavy (non-hydrogen) atoms. The van der Waals surface area contributed by atoms with Gasteiger partial charge >= 0.3 is 0 Å². The van der Waals surface area contributed by atoms with E-state index in [0.717, 1.165) is 19.3 Å². The van der Waals surface area contributed by atoms with Crippen LogP contribution in [0.3, 0.4) is 0 Å². The first-order chi connectivity index (χ1) is 6.00. The Morgan fingerprint density at radius 3 is 2.29 bits per heavy atom. The van der Waals surface area contributed by atoms with E-state index >= 15 is 0 Å². The van der Waals surface area contributed by atoms with Gasteiger partial charge in [0.2, 0.25) is 0 Å². The lowest BCUT2D eigenvalue weighted by molar-refractivity contribution is -0.117. The quantitative estimate of drug-likeness (QED) is 0.699. The van der Waals surface area contributed by atoms with Crippen molar-refractivity contribution >= 4 is 18.2 Å². The number of carbonyl (C=O) groups is 1. The summed E-state index contributed by atoms with van der Waals surface area (Å²) in [6.07, 6.45) is 2.90. The SMILES string of the molecule is C=C(CCCC)C(=O)C(N)C(C)C.Cl. The van der Waals surface area contributed by atoms with Gasteiger partial charge in [-0.1, -0.05) is 33.8 Å². The predicted octanol–water partition coefficient (Wildman–Crippen LogP) is 2.71. The smallest absolute Gasteiger partial charge is 0.175 e. The van der Waals surface area contributed by atoms with Crippen LogP contribution in [0.1, 0.15) is 40.0 Å². The predicted molar refractivity (Wildman–Crippen MR) is 63.7 cm³/mol. The van der Waals surface area contributed by atoms with Crippen molar-refractivity contribution in [1.29, 1.82) is 0 Å². The van der Waals surface area contributed by atoms with Crippen molar-refractivity contribution in [2.45, 2.75) is 46.1 Å². The van der Waals surface area contributed by atoms with E-state index in [1.165, 1.54) is 0 Å². The van der Waals surface area contributed by atoms with Crippen molar-refractivity contribution in [1.82, 2.24) is 0 Å². The van der Waals surface area contributed by atoms with Crippen LogP contribution in [0.5, 0.6) is 0 Å². The highest BCUT2D eigenvalue weighted by molar-refractivity contribution is 5.98. The van der Waals surface area contributed by atoms with Gasteiger partial charge in [0, 0.05) is 0 Å².